The standard InChI is InChI=1S/C26H23N3O3S/c30-24(19-6-1-2-7-20(19)26-29-21-8-3-4-10-23(21)33-26)27-16-17-11-13-18(14-12-17)28-25(31)22-9-5-15-32-22/h1-5,8-15,19-20H,6-7,16H2,(H,27,30)(H,28,31)/t19-,20-/m1/s1. The van der Waals surface area contributed by atoms with E-state index in [1.54, 1.807) is 23.5 Å². The molecule has 0 aliphatic heterocycles. The SMILES string of the molecule is O=C(Nc1ccc(CNC(=O)[C@@H]2CC=CC[C@H]2c2nc3ccccc3s2)cc1)c1ccco1. The predicted octanol–water partition coefficient (Wildman–Crippen LogP) is 5.51. The number of carbonyl (C=O) groups is 2. The predicted molar refractivity (Wildman–Crippen MR) is 129 cm³/mol. The van der Waals surface area contributed by atoms with E-state index in [0.717, 1.165) is 27.2 Å². The van der Waals surface area contributed by atoms with Crippen LogP contribution in [-0.2, 0) is 11.3 Å². The third kappa shape index (κ3) is 4.73. The lowest BCUT2D eigenvalue weighted by atomic mass is 9.82. The highest BCUT2D eigenvalue weighted by molar-refractivity contribution is 7.18. The lowest BCUT2D eigenvalue weighted by Gasteiger charge is -2.26. The highest BCUT2D eigenvalue weighted by Gasteiger charge is 2.32. The lowest BCUT2D eigenvalue weighted by molar-refractivity contribution is -0.125. The smallest absolute Gasteiger partial charge is 0.291 e. The molecule has 2 amide bonds. The second kappa shape index (κ2) is 9.42. The summed E-state index contributed by atoms with van der Waals surface area (Å²) in [6.45, 7) is 0.429. The molecule has 166 valence electrons. The number of allylic oxidation sites excluding steroid dienone is 2. The van der Waals surface area contributed by atoms with Gasteiger partial charge in [0.25, 0.3) is 5.91 Å². The summed E-state index contributed by atoms with van der Waals surface area (Å²) in [5, 5.41) is 6.90. The van der Waals surface area contributed by atoms with Crippen molar-refractivity contribution in [3.8, 4) is 0 Å². The number of carbonyl (C=O) groups excluding carboxylic acids is 2. The third-order valence-electron chi connectivity index (χ3n) is 5.82. The van der Waals surface area contributed by atoms with Gasteiger partial charge in [-0.25, -0.2) is 4.98 Å². The summed E-state index contributed by atoms with van der Waals surface area (Å²) in [6.07, 6.45) is 7.23. The van der Waals surface area contributed by atoms with Crippen LogP contribution >= 0.6 is 11.3 Å². The summed E-state index contributed by atoms with van der Waals surface area (Å²) in [5.74, 6) is -0.0457. The third-order valence-corrected chi connectivity index (χ3v) is 6.99. The largest absolute Gasteiger partial charge is 0.459 e. The van der Waals surface area contributed by atoms with Crippen molar-refractivity contribution in [3.63, 3.8) is 0 Å². The van der Waals surface area contributed by atoms with Gasteiger partial charge in [0.15, 0.2) is 5.76 Å². The van der Waals surface area contributed by atoms with E-state index in [1.165, 1.54) is 6.26 Å². The minimum Gasteiger partial charge on any atom is -0.459 e. The molecule has 0 unspecified atom stereocenters. The van der Waals surface area contributed by atoms with Crippen LogP contribution in [0.2, 0.25) is 0 Å². The molecule has 1 aliphatic carbocycles. The van der Waals surface area contributed by atoms with Gasteiger partial charge in [-0.15, -0.1) is 11.3 Å². The summed E-state index contributed by atoms with van der Waals surface area (Å²) in [5.41, 5.74) is 2.62. The summed E-state index contributed by atoms with van der Waals surface area (Å²) in [6, 6.07) is 18.8. The van der Waals surface area contributed by atoms with Crippen molar-refractivity contribution in [2.24, 2.45) is 5.92 Å². The number of para-hydroxylation sites is 1. The van der Waals surface area contributed by atoms with E-state index in [4.69, 9.17) is 9.40 Å². The number of nitrogens with zero attached hydrogens (tertiary/aromatic N) is 1. The molecule has 6 nitrogen and oxygen atoms in total. The fraction of sp³-hybridized carbons (Fsp3) is 0.192. The first-order chi connectivity index (χ1) is 16.2. The number of fused-ring (bicyclic) bond motifs is 1. The van der Waals surface area contributed by atoms with E-state index in [0.29, 0.717) is 18.7 Å². The number of aromatic nitrogens is 1. The number of hydrogen-bond donors (Lipinski definition) is 2. The quantitative estimate of drug-likeness (QED) is 0.374. The molecule has 0 spiro atoms. The van der Waals surface area contributed by atoms with E-state index >= 15 is 0 Å². The zero-order valence-electron chi connectivity index (χ0n) is 17.9. The minimum atomic E-state index is -0.299. The second-order valence-electron chi connectivity index (χ2n) is 8.02. The number of amides is 2. The van der Waals surface area contributed by atoms with Gasteiger partial charge in [-0.2, -0.15) is 0 Å². The van der Waals surface area contributed by atoms with E-state index < -0.39 is 0 Å². The van der Waals surface area contributed by atoms with E-state index in [-0.39, 0.29) is 29.4 Å². The molecular formula is C26H23N3O3S. The van der Waals surface area contributed by atoms with Crippen LogP contribution in [0.1, 0.15) is 39.9 Å². The molecule has 0 saturated heterocycles. The van der Waals surface area contributed by atoms with Crippen molar-refractivity contribution in [1.82, 2.24) is 10.3 Å². The molecule has 2 atom stereocenters. The van der Waals surface area contributed by atoms with Crippen LogP contribution < -0.4 is 10.6 Å². The van der Waals surface area contributed by atoms with E-state index in [2.05, 4.69) is 28.9 Å². The Labute approximate surface area is 195 Å². The van der Waals surface area contributed by atoms with Gasteiger partial charge in [-0.3, -0.25) is 9.59 Å². The van der Waals surface area contributed by atoms with Gasteiger partial charge in [0.1, 0.15) is 0 Å². The maximum absolute atomic E-state index is 13.1. The Morgan fingerprint density at radius 3 is 2.61 bits per heavy atom. The Hall–Kier alpha value is -3.71. The molecule has 2 N–H and O–H groups in total. The van der Waals surface area contributed by atoms with Crippen molar-refractivity contribution >= 4 is 39.1 Å². The van der Waals surface area contributed by atoms with Gasteiger partial charge in [-0.1, -0.05) is 36.4 Å². The molecule has 4 aromatic rings. The maximum Gasteiger partial charge on any atom is 0.291 e. The average Bonchev–Trinajstić information content (AvgIpc) is 3.54. The molecule has 2 heterocycles. The molecule has 0 saturated carbocycles. The molecule has 2 aromatic heterocycles. The molecule has 2 aromatic carbocycles. The first-order valence-electron chi connectivity index (χ1n) is 10.9. The van der Waals surface area contributed by atoms with E-state index in [9.17, 15) is 9.59 Å². The number of hydrogen-bond acceptors (Lipinski definition) is 5. The number of thiazole rings is 1. The number of furan rings is 1. The highest BCUT2D eigenvalue weighted by atomic mass is 32.1. The molecule has 33 heavy (non-hydrogen) atoms. The Morgan fingerprint density at radius 1 is 1.00 bits per heavy atom. The van der Waals surface area contributed by atoms with Gasteiger partial charge in [-0.05, 0) is 54.8 Å². The molecule has 1 aliphatic rings. The number of benzene rings is 2. The van der Waals surface area contributed by atoms with Crippen molar-refractivity contribution in [1.29, 1.82) is 0 Å². The molecule has 0 radical (unpaired) electrons. The van der Waals surface area contributed by atoms with Crippen LogP contribution in [0.4, 0.5) is 5.69 Å². The normalized spacial score (nSPS) is 17.7. The van der Waals surface area contributed by atoms with Crippen LogP contribution in [-0.4, -0.2) is 16.8 Å². The lowest BCUT2D eigenvalue weighted by Crippen LogP contribution is -2.34. The fourth-order valence-electron chi connectivity index (χ4n) is 4.05. The monoisotopic (exact) mass is 457 g/mol. The summed E-state index contributed by atoms with van der Waals surface area (Å²) < 4.78 is 6.26. The van der Waals surface area contributed by atoms with Crippen LogP contribution in [0.3, 0.4) is 0 Å². The first kappa shape index (κ1) is 21.2. The molecular weight excluding hydrogens is 434 g/mol. The van der Waals surface area contributed by atoms with Crippen LogP contribution in [0.25, 0.3) is 10.2 Å². The fourth-order valence-corrected chi connectivity index (χ4v) is 5.20. The van der Waals surface area contributed by atoms with Gasteiger partial charge < -0.3 is 15.1 Å². The number of nitrogens with one attached hydrogen (secondary N) is 2. The zero-order valence-corrected chi connectivity index (χ0v) is 18.7. The molecule has 0 fully saturated rings. The Kier molecular flexibility index (Phi) is 6.04. The van der Waals surface area contributed by atoms with Gasteiger partial charge in [0.2, 0.25) is 5.91 Å². The molecule has 0 bridgehead atoms. The molecule has 7 heteroatoms. The van der Waals surface area contributed by atoms with Gasteiger partial charge in [0.05, 0.1) is 27.4 Å². The number of anilines is 1. The van der Waals surface area contributed by atoms with Crippen LogP contribution in [0, 0.1) is 5.92 Å². The highest BCUT2D eigenvalue weighted by Crippen LogP contribution is 2.38. The Morgan fingerprint density at radius 2 is 1.82 bits per heavy atom. The van der Waals surface area contributed by atoms with Crippen molar-refractivity contribution in [2.45, 2.75) is 25.3 Å². The molecule has 5 rings (SSSR count). The number of rotatable bonds is 6. The summed E-state index contributed by atoms with van der Waals surface area (Å²) in [7, 11) is 0. The van der Waals surface area contributed by atoms with Crippen LogP contribution in [0.15, 0.2) is 83.5 Å². The average molecular weight is 458 g/mol. The van der Waals surface area contributed by atoms with Crippen molar-refractivity contribution < 1.29 is 14.0 Å². The van der Waals surface area contributed by atoms with Crippen molar-refractivity contribution in [3.05, 3.63) is 95.4 Å². The maximum atomic E-state index is 13.1. The van der Waals surface area contributed by atoms with Crippen LogP contribution in [0.5, 0.6) is 0 Å². The zero-order chi connectivity index (χ0) is 22.6. The van der Waals surface area contributed by atoms with Crippen molar-refractivity contribution in [2.75, 3.05) is 5.32 Å². The van der Waals surface area contributed by atoms with Gasteiger partial charge >= 0.3 is 0 Å². The summed E-state index contributed by atoms with van der Waals surface area (Å²) in [4.78, 5) is 30.0. The Bertz CT molecular complexity index is 1260. The van der Waals surface area contributed by atoms with E-state index in [1.807, 2.05) is 42.5 Å². The summed E-state index contributed by atoms with van der Waals surface area (Å²) >= 11 is 1.68. The Balaban J connectivity index is 1.21. The van der Waals surface area contributed by atoms with Gasteiger partial charge in [0, 0.05) is 18.2 Å². The first-order valence-corrected chi connectivity index (χ1v) is 11.7. The second-order valence-corrected chi connectivity index (χ2v) is 9.08. The topological polar surface area (TPSA) is 84.2 Å². The minimum absolute atomic E-state index is 0.0406.